The summed E-state index contributed by atoms with van der Waals surface area (Å²) in [6.45, 7) is 1.74. The van der Waals surface area contributed by atoms with Gasteiger partial charge in [0.15, 0.2) is 0 Å². The topological polar surface area (TPSA) is 77.0 Å². The maximum atomic E-state index is 12.5. The van der Waals surface area contributed by atoms with Crippen molar-refractivity contribution in [1.29, 1.82) is 0 Å². The van der Waals surface area contributed by atoms with E-state index in [4.69, 9.17) is 9.47 Å². The van der Waals surface area contributed by atoms with Gasteiger partial charge in [0.05, 0.1) is 14.2 Å². The van der Waals surface area contributed by atoms with E-state index in [0.717, 1.165) is 11.4 Å². The minimum atomic E-state index is -3.75. The van der Waals surface area contributed by atoms with Gasteiger partial charge in [0.2, 0.25) is 0 Å². The van der Waals surface area contributed by atoms with Gasteiger partial charge in [-0.2, -0.15) is 8.42 Å². The van der Waals surface area contributed by atoms with Gasteiger partial charge >= 0.3 is 0 Å². The molecule has 2 aromatic rings. The van der Waals surface area contributed by atoms with Gasteiger partial charge in [-0.15, -0.1) is 4.40 Å². The number of nitrogens with zero attached hydrogens (tertiary/aromatic N) is 1. The van der Waals surface area contributed by atoms with Crippen LogP contribution in [0, 0.1) is 0 Å². The first-order valence-corrected chi connectivity index (χ1v) is 9.00. The lowest BCUT2D eigenvalue weighted by atomic mass is 10.1. The molecule has 2 aromatic carbocycles. The first-order chi connectivity index (χ1) is 11.9. The van der Waals surface area contributed by atoms with Crippen LogP contribution in [-0.4, -0.2) is 28.5 Å². The maximum absolute atomic E-state index is 12.5. The van der Waals surface area contributed by atoms with Gasteiger partial charge in [-0.25, -0.2) is 0 Å². The van der Waals surface area contributed by atoms with E-state index < -0.39 is 10.0 Å². The summed E-state index contributed by atoms with van der Waals surface area (Å²) in [5.41, 5.74) is 1.87. The molecule has 0 radical (unpaired) electrons. The lowest BCUT2D eigenvalue weighted by molar-refractivity contribution is 0.414. The Morgan fingerprint density at radius 3 is 1.92 bits per heavy atom. The molecule has 0 aromatic heterocycles. The van der Waals surface area contributed by atoms with Crippen LogP contribution >= 0.6 is 0 Å². The van der Waals surface area contributed by atoms with Crippen LogP contribution < -0.4 is 14.8 Å². The van der Waals surface area contributed by atoms with Crippen LogP contribution in [0.1, 0.15) is 12.5 Å². The normalized spacial score (nSPS) is 15.7. The fraction of sp³-hybridized carbons (Fsp3) is 0.167. The molecule has 3 rings (SSSR count). The van der Waals surface area contributed by atoms with Gasteiger partial charge in [0, 0.05) is 11.3 Å². The second-order valence-electron chi connectivity index (χ2n) is 5.45. The van der Waals surface area contributed by atoms with Crippen LogP contribution in [0.15, 0.2) is 58.5 Å². The minimum Gasteiger partial charge on any atom is -0.497 e. The zero-order chi connectivity index (χ0) is 18.0. The van der Waals surface area contributed by atoms with E-state index in [2.05, 4.69) is 9.71 Å². The summed E-state index contributed by atoms with van der Waals surface area (Å²) in [4.78, 5) is 0.200. The predicted molar refractivity (Wildman–Crippen MR) is 98.6 cm³/mol. The summed E-state index contributed by atoms with van der Waals surface area (Å²) in [6, 6.07) is 14.0. The van der Waals surface area contributed by atoms with Crippen molar-refractivity contribution >= 4 is 26.5 Å². The van der Waals surface area contributed by atoms with Crippen LogP contribution in [0.2, 0.25) is 0 Å². The molecule has 1 N–H and O–H groups in total. The Kier molecular flexibility index (Phi) is 4.50. The van der Waals surface area contributed by atoms with Crippen LogP contribution in [0.5, 0.6) is 11.5 Å². The molecule has 1 aliphatic rings. The Labute approximate surface area is 146 Å². The van der Waals surface area contributed by atoms with E-state index in [1.54, 1.807) is 69.7 Å². The summed E-state index contributed by atoms with van der Waals surface area (Å²) >= 11 is 0. The third-order valence-corrected chi connectivity index (χ3v) is 5.35. The SMILES string of the molecule is COc1ccc(NC2=NS(=O)(=O)C(c3ccc(OC)cc3)=C2C)cc1. The molecule has 0 atom stereocenters. The van der Waals surface area contributed by atoms with E-state index >= 15 is 0 Å². The summed E-state index contributed by atoms with van der Waals surface area (Å²) in [5, 5.41) is 3.05. The lowest BCUT2D eigenvalue weighted by Crippen LogP contribution is -2.11. The third kappa shape index (κ3) is 3.36. The Morgan fingerprint density at radius 2 is 1.40 bits per heavy atom. The zero-order valence-corrected chi connectivity index (χ0v) is 14.9. The number of hydrogen-bond donors (Lipinski definition) is 1. The average Bonchev–Trinajstić information content (AvgIpc) is 2.84. The molecular formula is C18H18N2O4S. The van der Waals surface area contributed by atoms with Crippen molar-refractivity contribution in [3.63, 3.8) is 0 Å². The number of anilines is 1. The van der Waals surface area contributed by atoms with Crippen LogP contribution in [0.3, 0.4) is 0 Å². The molecule has 25 heavy (non-hydrogen) atoms. The maximum Gasteiger partial charge on any atom is 0.285 e. The number of methoxy groups -OCH3 is 2. The number of amidine groups is 1. The Hall–Kier alpha value is -2.80. The van der Waals surface area contributed by atoms with Crippen molar-refractivity contribution in [2.75, 3.05) is 19.5 Å². The Bertz CT molecular complexity index is 944. The zero-order valence-electron chi connectivity index (χ0n) is 14.1. The van der Waals surface area contributed by atoms with Gasteiger partial charge in [0.1, 0.15) is 22.2 Å². The monoisotopic (exact) mass is 358 g/mol. The molecule has 0 saturated carbocycles. The largest absolute Gasteiger partial charge is 0.497 e. The first kappa shape index (κ1) is 17.0. The standard InChI is InChI=1S/C18H18N2O4S/c1-12-17(13-4-8-15(23-2)9-5-13)25(21,22)20-18(12)19-14-6-10-16(24-3)11-7-14/h4-11H,1-3H3,(H,19,20). The number of nitrogens with one attached hydrogen (secondary N) is 1. The van der Waals surface area contributed by atoms with Crippen LogP contribution in [0.4, 0.5) is 5.69 Å². The van der Waals surface area contributed by atoms with Crippen molar-refractivity contribution in [2.45, 2.75) is 6.92 Å². The fourth-order valence-corrected chi connectivity index (χ4v) is 4.00. The van der Waals surface area contributed by atoms with E-state index in [9.17, 15) is 8.42 Å². The highest BCUT2D eigenvalue weighted by Crippen LogP contribution is 2.33. The third-order valence-electron chi connectivity index (χ3n) is 3.87. The average molecular weight is 358 g/mol. The summed E-state index contributed by atoms with van der Waals surface area (Å²) in [6.07, 6.45) is 0. The Morgan fingerprint density at radius 1 is 0.880 bits per heavy atom. The van der Waals surface area contributed by atoms with E-state index in [-0.39, 0.29) is 4.91 Å². The predicted octanol–water partition coefficient (Wildman–Crippen LogP) is 3.29. The lowest BCUT2D eigenvalue weighted by Gasteiger charge is -2.08. The van der Waals surface area contributed by atoms with Crippen molar-refractivity contribution in [3.8, 4) is 11.5 Å². The molecule has 0 bridgehead atoms. The second-order valence-corrected chi connectivity index (χ2v) is 6.99. The minimum absolute atomic E-state index is 0.200. The molecule has 0 spiro atoms. The van der Waals surface area contributed by atoms with Crippen molar-refractivity contribution in [1.82, 2.24) is 0 Å². The molecule has 1 heterocycles. The van der Waals surface area contributed by atoms with Crippen molar-refractivity contribution in [2.24, 2.45) is 4.40 Å². The van der Waals surface area contributed by atoms with E-state index in [1.165, 1.54) is 0 Å². The molecule has 0 unspecified atom stereocenters. The molecule has 130 valence electrons. The van der Waals surface area contributed by atoms with Gasteiger partial charge in [-0.3, -0.25) is 0 Å². The molecule has 0 aliphatic carbocycles. The molecule has 0 fully saturated rings. The molecule has 0 amide bonds. The summed E-state index contributed by atoms with van der Waals surface area (Å²) < 4.78 is 39.1. The van der Waals surface area contributed by atoms with E-state index in [0.29, 0.717) is 22.7 Å². The highest BCUT2D eigenvalue weighted by Gasteiger charge is 2.31. The van der Waals surface area contributed by atoms with Crippen LogP contribution in [-0.2, 0) is 10.0 Å². The van der Waals surface area contributed by atoms with Crippen molar-refractivity contribution < 1.29 is 17.9 Å². The summed E-state index contributed by atoms with van der Waals surface area (Å²) in [7, 11) is -0.603. The summed E-state index contributed by atoms with van der Waals surface area (Å²) in [5.74, 6) is 1.70. The first-order valence-electron chi connectivity index (χ1n) is 7.56. The van der Waals surface area contributed by atoms with Crippen molar-refractivity contribution in [3.05, 3.63) is 59.7 Å². The van der Waals surface area contributed by atoms with E-state index in [1.807, 2.05) is 0 Å². The number of sulfonamides is 1. The van der Waals surface area contributed by atoms with Gasteiger partial charge in [0.25, 0.3) is 10.0 Å². The smallest absolute Gasteiger partial charge is 0.285 e. The highest BCUT2D eigenvalue weighted by molar-refractivity contribution is 8.00. The number of rotatable bonds is 4. The van der Waals surface area contributed by atoms with Gasteiger partial charge in [-0.1, -0.05) is 0 Å². The van der Waals surface area contributed by atoms with Crippen LogP contribution in [0.25, 0.3) is 4.91 Å². The number of hydrogen-bond acceptors (Lipinski definition) is 5. The number of ether oxygens (including phenoxy) is 2. The van der Waals surface area contributed by atoms with Gasteiger partial charge < -0.3 is 14.8 Å². The second kappa shape index (κ2) is 6.60. The quantitative estimate of drug-likeness (QED) is 0.907. The van der Waals surface area contributed by atoms with Gasteiger partial charge in [-0.05, 0) is 61.0 Å². The molecule has 0 saturated heterocycles. The molecule has 7 heteroatoms. The molecule has 6 nitrogen and oxygen atoms in total. The highest BCUT2D eigenvalue weighted by atomic mass is 32.2. The fourth-order valence-electron chi connectivity index (χ4n) is 2.57. The molecular weight excluding hydrogens is 340 g/mol. The number of benzene rings is 2. The molecule has 1 aliphatic heterocycles. The Balaban J connectivity index is 1.93.